The van der Waals surface area contributed by atoms with E-state index in [0.717, 1.165) is 0 Å². The van der Waals surface area contributed by atoms with Crippen molar-refractivity contribution >= 4 is 17.4 Å². The molecule has 3 nitrogen and oxygen atoms in total. The summed E-state index contributed by atoms with van der Waals surface area (Å²) in [5.74, 6) is -0.0850. The Morgan fingerprint density at radius 1 is 1.89 bits per heavy atom. The Kier molecular flexibility index (Phi) is 1.53. The third kappa shape index (κ3) is 1.29. The van der Waals surface area contributed by atoms with Crippen molar-refractivity contribution in [3.05, 3.63) is 16.9 Å². The second-order valence-electron chi connectivity index (χ2n) is 1.66. The van der Waals surface area contributed by atoms with Gasteiger partial charge in [0.1, 0.15) is 10.8 Å². The lowest BCUT2D eigenvalue weighted by molar-refractivity contribution is 0.101. The van der Waals surface area contributed by atoms with Gasteiger partial charge in [-0.25, -0.2) is 0 Å². The van der Waals surface area contributed by atoms with Crippen molar-refractivity contribution in [2.75, 3.05) is 0 Å². The SMILES string of the molecule is CC(=O)c1cc(Cl)[nH]n1. The Bertz CT molecular complexity index is 231. The van der Waals surface area contributed by atoms with E-state index in [0.29, 0.717) is 10.8 Å². The molecular formula is C5H5ClN2O. The van der Waals surface area contributed by atoms with E-state index in [1.54, 1.807) is 0 Å². The van der Waals surface area contributed by atoms with Gasteiger partial charge in [-0.3, -0.25) is 9.89 Å². The van der Waals surface area contributed by atoms with Crippen LogP contribution in [0.1, 0.15) is 17.4 Å². The molecular weight excluding hydrogens is 140 g/mol. The molecule has 0 aromatic carbocycles. The maximum Gasteiger partial charge on any atom is 0.180 e. The Hall–Kier alpha value is -0.830. The summed E-state index contributed by atoms with van der Waals surface area (Å²) < 4.78 is 0. The summed E-state index contributed by atoms with van der Waals surface area (Å²) >= 11 is 5.43. The second kappa shape index (κ2) is 2.19. The first kappa shape index (κ1) is 6.29. The third-order valence-electron chi connectivity index (χ3n) is 0.907. The van der Waals surface area contributed by atoms with Crippen LogP contribution in [0.25, 0.3) is 0 Å². The number of aromatic amines is 1. The van der Waals surface area contributed by atoms with E-state index in [-0.39, 0.29) is 5.78 Å². The Morgan fingerprint density at radius 3 is 2.78 bits per heavy atom. The number of hydrogen-bond donors (Lipinski definition) is 1. The summed E-state index contributed by atoms with van der Waals surface area (Å²) in [7, 11) is 0. The zero-order valence-corrected chi connectivity index (χ0v) is 5.57. The summed E-state index contributed by atoms with van der Waals surface area (Å²) in [6.45, 7) is 1.44. The van der Waals surface area contributed by atoms with E-state index in [1.807, 2.05) is 0 Å². The molecule has 0 radical (unpaired) electrons. The van der Waals surface area contributed by atoms with Crippen molar-refractivity contribution in [2.24, 2.45) is 0 Å². The molecule has 1 aromatic rings. The number of hydrogen-bond acceptors (Lipinski definition) is 2. The molecule has 9 heavy (non-hydrogen) atoms. The van der Waals surface area contributed by atoms with Crippen molar-refractivity contribution in [2.45, 2.75) is 6.92 Å². The summed E-state index contributed by atoms with van der Waals surface area (Å²) in [6, 6.07) is 1.49. The quantitative estimate of drug-likeness (QED) is 0.604. The van der Waals surface area contributed by atoms with E-state index < -0.39 is 0 Å². The lowest BCUT2D eigenvalue weighted by atomic mass is 10.3. The molecule has 48 valence electrons. The molecule has 0 saturated heterocycles. The lowest BCUT2D eigenvalue weighted by Gasteiger charge is -1.78. The van der Waals surface area contributed by atoms with Gasteiger partial charge in [0.25, 0.3) is 0 Å². The van der Waals surface area contributed by atoms with Crippen molar-refractivity contribution < 1.29 is 4.79 Å². The summed E-state index contributed by atoms with van der Waals surface area (Å²) in [6.07, 6.45) is 0. The zero-order valence-electron chi connectivity index (χ0n) is 4.81. The van der Waals surface area contributed by atoms with Gasteiger partial charge in [-0.1, -0.05) is 11.6 Å². The van der Waals surface area contributed by atoms with Gasteiger partial charge < -0.3 is 0 Å². The van der Waals surface area contributed by atoms with Crippen LogP contribution in [0.15, 0.2) is 6.07 Å². The summed E-state index contributed by atoms with van der Waals surface area (Å²) in [5, 5.41) is 6.44. The largest absolute Gasteiger partial charge is 0.293 e. The fourth-order valence-electron chi connectivity index (χ4n) is 0.479. The van der Waals surface area contributed by atoms with Crippen LogP contribution in [-0.4, -0.2) is 16.0 Å². The number of aromatic nitrogens is 2. The highest BCUT2D eigenvalue weighted by Gasteiger charge is 2.01. The van der Waals surface area contributed by atoms with Gasteiger partial charge in [-0.05, 0) is 0 Å². The maximum atomic E-state index is 10.5. The van der Waals surface area contributed by atoms with Gasteiger partial charge in [0, 0.05) is 13.0 Å². The highest BCUT2D eigenvalue weighted by atomic mass is 35.5. The van der Waals surface area contributed by atoms with Crippen LogP contribution in [0.3, 0.4) is 0 Å². The van der Waals surface area contributed by atoms with Crippen LogP contribution in [0, 0.1) is 0 Å². The van der Waals surface area contributed by atoms with Crippen molar-refractivity contribution in [1.29, 1.82) is 0 Å². The molecule has 0 fully saturated rings. The summed E-state index contributed by atoms with van der Waals surface area (Å²) in [5.41, 5.74) is 0.375. The molecule has 1 N–H and O–H groups in total. The van der Waals surface area contributed by atoms with Crippen molar-refractivity contribution in [3.8, 4) is 0 Å². The minimum Gasteiger partial charge on any atom is -0.293 e. The molecule has 0 spiro atoms. The van der Waals surface area contributed by atoms with E-state index in [9.17, 15) is 4.79 Å². The maximum absolute atomic E-state index is 10.5. The van der Waals surface area contributed by atoms with Gasteiger partial charge in [0.15, 0.2) is 5.78 Å². The zero-order chi connectivity index (χ0) is 6.85. The van der Waals surface area contributed by atoms with Gasteiger partial charge >= 0.3 is 0 Å². The first-order valence-corrected chi connectivity index (χ1v) is 2.80. The van der Waals surface area contributed by atoms with Crippen molar-refractivity contribution in [1.82, 2.24) is 10.2 Å². The van der Waals surface area contributed by atoms with Crippen LogP contribution in [0.2, 0.25) is 5.15 Å². The van der Waals surface area contributed by atoms with E-state index in [4.69, 9.17) is 11.6 Å². The number of nitrogens with one attached hydrogen (secondary N) is 1. The number of nitrogens with zero attached hydrogens (tertiary/aromatic N) is 1. The number of rotatable bonds is 1. The first-order chi connectivity index (χ1) is 4.20. The molecule has 1 rings (SSSR count). The van der Waals surface area contributed by atoms with Crippen LogP contribution in [0.4, 0.5) is 0 Å². The third-order valence-corrected chi connectivity index (χ3v) is 1.10. The molecule has 0 aliphatic heterocycles. The van der Waals surface area contributed by atoms with Crippen molar-refractivity contribution in [3.63, 3.8) is 0 Å². The van der Waals surface area contributed by atoms with Crippen LogP contribution < -0.4 is 0 Å². The minimum atomic E-state index is -0.0850. The normalized spacial score (nSPS) is 9.56. The fraction of sp³-hybridized carbons (Fsp3) is 0.200. The standard InChI is InChI=1S/C5H5ClN2O/c1-3(9)4-2-5(6)8-7-4/h2H,1H3,(H,7,8). The Balaban J connectivity index is 2.98. The second-order valence-corrected chi connectivity index (χ2v) is 2.06. The van der Waals surface area contributed by atoms with Gasteiger partial charge in [-0.15, -0.1) is 0 Å². The minimum absolute atomic E-state index is 0.0850. The molecule has 1 heterocycles. The lowest BCUT2D eigenvalue weighted by Crippen LogP contribution is -1.90. The van der Waals surface area contributed by atoms with Crippen LogP contribution in [-0.2, 0) is 0 Å². The van der Waals surface area contributed by atoms with Crippen LogP contribution in [0.5, 0.6) is 0 Å². The smallest absolute Gasteiger partial charge is 0.180 e. The molecule has 4 heteroatoms. The molecule has 1 aromatic heterocycles. The van der Waals surface area contributed by atoms with E-state index in [1.165, 1.54) is 13.0 Å². The molecule has 0 saturated carbocycles. The number of carbonyl (C=O) groups is 1. The highest BCUT2D eigenvalue weighted by molar-refractivity contribution is 6.29. The fourth-order valence-corrected chi connectivity index (χ4v) is 0.624. The molecule has 0 unspecified atom stereocenters. The summed E-state index contributed by atoms with van der Waals surface area (Å²) in [4.78, 5) is 10.5. The highest BCUT2D eigenvalue weighted by Crippen LogP contribution is 2.04. The molecule has 0 bridgehead atoms. The topological polar surface area (TPSA) is 45.8 Å². The van der Waals surface area contributed by atoms with E-state index in [2.05, 4.69) is 10.2 Å². The number of H-pyrrole nitrogens is 1. The first-order valence-electron chi connectivity index (χ1n) is 2.42. The van der Waals surface area contributed by atoms with Gasteiger partial charge in [0.05, 0.1) is 0 Å². The number of ketones is 1. The molecule has 0 aliphatic rings. The average molecular weight is 145 g/mol. The predicted molar refractivity (Wildman–Crippen MR) is 33.6 cm³/mol. The molecule has 0 amide bonds. The number of halogens is 1. The Morgan fingerprint density at radius 2 is 2.56 bits per heavy atom. The predicted octanol–water partition coefficient (Wildman–Crippen LogP) is 1.27. The molecule has 0 atom stereocenters. The van der Waals surface area contributed by atoms with E-state index >= 15 is 0 Å². The monoisotopic (exact) mass is 144 g/mol. The average Bonchev–Trinajstić information content (AvgIpc) is 2.14. The number of carbonyl (C=O) groups excluding carboxylic acids is 1. The number of Topliss-reactive ketones (excluding diaryl/α,β-unsaturated/α-hetero) is 1. The van der Waals surface area contributed by atoms with Gasteiger partial charge in [-0.2, -0.15) is 5.10 Å². The van der Waals surface area contributed by atoms with Gasteiger partial charge in [0.2, 0.25) is 0 Å². The van der Waals surface area contributed by atoms with Crippen LogP contribution >= 0.6 is 11.6 Å². The Labute approximate surface area is 57.0 Å². The molecule has 0 aliphatic carbocycles.